The standard InChI is InChI=1S/C53H51N3O/c1-34(2)43-30-37(35-17-11-9-12-18-35)25-26-47(43)56-48-24-16-23-42(39-21-15-22-40(29-39)46-31-38(27-28-54-46)36-19-13-10-14-20-36)49(48)55-51(56)44-32-41(52(3,4)5)33-45(50(44)57)53(6,7)8/h9-34,57H,1-8H3. The number of phenols is 1. The summed E-state index contributed by atoms with van der Waals surface area (Å²) in [5.74, 6) is 1.20. The highest BCUT2D eigenvalue weighted by atomic mass is 16.3. The van der Waals surface area contributed by atoms with Crippen molar-refractivity contribution < 1.29 is 5.11 Å². The molecule has 0 atom stereocenters. The van der Waals surface area contributed by atoms with Gasteiger partial charge in [-0.15, -0.1) is 0 Å². The maximum Gasteiger partial charge on any atom is 0.149 e. The van der Waals surface area contributed by atoms with Crippen LogP contribution in [0.3, 0.4) is 0 Å². The number of imidazole rings is 1. The number of pyridine rings is 1. The zero-order valence-corrected chi connectivity index (χ0v) is 34.3. The monoisotopic (exact) mass is 745 g/mol. The second kappa shape index (κ2) is 14.7. The van der Waals surface area contributed by atoms with Gasteiger partial charge < -0.3 is 5.11 Å². The maximum absolute atomic E-state index is 12.3. The van der Waals surface area contributed by atoms with Crippen molar-refractivity contribution in [2.45, 2.75) is 72.1 Å². The van der Waals surface area contributed by atoms with Gasteiger partial charge in [-0.2, -0.15) is 0 Å². The molecule has 0 aliphatic carbocycles. The molecular weight excluding hydrogens is 695 g/mol. The second-order valence-corrected chi connectivity index (χ2v) is 17.5. The van der Waals surface area contributed by atoms with E-state index in [0.29, 0.717) is 5.82 Å². The normalized spacial score (nSPS) is 12.1. The predicted octanol–water partition coefficient (Wildman–Crippen LogP) is 14.2. The minimum absolute atomic E-state index is 0.156. The Labute approximate surface area is 337 Å². The molecule has 0 aliphatic rings. The third-order valence-corrected chi connectivity index (χ3v) is 11.0. The third-order valence-electron chi connectivity index (χ3n) is 11.0. The van der Waals surface area contributed by atoms with E-state index in [1.165, 1.54) is 16.7 Å². The molecule has 284 valence electrons. The quantitative estimate of drug-likeness (QED) is 0.177. The molecule has 4 nitrogen and oxygen atoms in total. The van der Waals surface area contributed by atoms with Crippen molar-refractivity contribution in [3.63, 3.8) is 0 Å². The Morgan fingerprint density at radius 2 is 1.18 bits per heavy atom. The van der Waals surface area contributed by atoms with Crippen LogP contribution in [0.5, 0.6) is 5.75 Å². The SMILES string of the molecule is CC(C)c1cc(-c2ccccc2)ccc1-n1c(-c2cc(C(C)(C)C)cc(C(C)(C)C)c2O)nc2c(-c3cccc(-c4cc(-c5ccccc5)ccn4)c3)cccc21. The molecule has 0 bridgehead atoms. The summed E-state index contributed by atoms with van der Waals surface area (Å²) in [6.45, 7) is 17.7. The van der Waals surface area contributed by atoms with Gasteiger partial charge >= 0.3 is 0 Å². The van der Waals surface area contributed by atoms with E-state index in [1.807, 2.05) is 12.3 Å². The first-order chi connectivity index (χ1) is 27.3. The smallest absolute Gasteiger partial charge is 0.149 e. The molecule has 4 heteroatoms. The van der Waals surface area contributed by atoms with E-state index in [1.54, 1.807) is 0 Å². The Kier molecular flexibility index (Phi) is 9.69. The van der Waals surface area contributed by atoms with Gasteiger partial charge in [0.05, 0.1) is 28.0 Å². The fourth-order valence-electron chi connectivity index (χ4n) is 7.84. The number of aromatic hydroxyl groups is 1. The Morgan fingerprint density at radius 3 is 1.82 bits per heavy atom. The van der Waals surface area contributed by atoms with E-state index in [2.05, 4.69) is 199 Å². The van der Waals surface area contributed by atoms with E-state index in [0.717, 1.165) is 66.9 Å². The topological polar surface area (TPSA) is 50.9 Å². The van der Waals surface area contributed by atoms with Crippen LogP contribution >= 0.6 is 0 Å². The summed E-state index contributed by atoms with van der Waals surface area (Å²) in [4.78, 5) is 10.4. The van der Waals surface area contributed by atoms with Gasteiger partial charge in [-0.3, -0.25) is 9.55 Å². The number of benzene rings is 6. The molecule has 0 aliphatic heterocycles. The van der Waals surface area contributed by atoms with Crippen LogP contribution in [0.25, 0.3) is 72.7 Å². The Morgan fingerprint density at radius 1 is 0.544 bits per heavy atom. The number of para-hydroxylation sites is 1. The fourth-order valence-corrected chi connectivity index (χ4v) is 7.84. The number of aromatic nitrogens is 3. The summed E-state index contributed by atoms with van der Waals surface area (Å²) in [6.07, 6.45) is 1.89. The number of hydrogen-bond acceptors (Lipinski definition) is 3. The summed E-state index contributed by atoms with van der Waals surface area (Å²) >= 11 is 0. The summed E-state index contributed by atoms with van der Waals surface area (Å²) in [5, 5.41) is 12.3. The molecule has 6 aromatic carbocycles. The highest BCUT2D eigenvalue weighted by Gasteiger charge is 2.29. The largest absolute Gasteiger partial charge is 0.507 e. The van der Waals surface area contributed by atoms with Gasteiger partial charge in [0.15, 0.2) is 0 Å². The minimum atomic E-state index is -0.297. The van der Waals surface area contributed by atoms with Crippen molar-refractivity contribution in [3.05, 3.63) is 168 Å². The number of rotatable bonds is 7. The van der Waals surface area contributed by atoms with E-state index in [9.17, 15) is 5.11 Å². The van der Waals surface area contributed by atoms with Crippen molar-refractivity contribution in [2.24, 2.45) is 0 Å². The predicted molar refractivity (Wildman–Crippen MR) is 239 cm³/mol. The molecule has 8 aromatic rings. The average molecular weight is 746 g/mol. The molecule has 0 fully saturated rings. The first-order valence-electron chi connectivity index (χ1n) is 20.0. The van der Waals surface area contributed by atoms with Crippen LogP contribution in [0.2, 0.25) is 0 Å². The first-order valence-corrected chi connectivity index (χ1v) is 20.0. The van der Waals surface area contributed by atoms with Crippen LogP contribution in [-0.4, -0.2) is 19.6 Å². The molecule has 0 saturated carbocycles. The number of phenolic OH excluding ortho intramolecular Hbond substituents is 1. The second-order valence-electron chi connectivity index (χ2n) is 17.5. The number of hydrogen-bond donors (Lipinski definition) is 1. The molecule has 0 amide bonds. The summed E-state index contributed by atoms with van der Waals surface area (Å²) in [7, 11) is 0. The van der Waals surface area contributed by atoms with Crippen LogP contribution in [0.4, 0.5) is 0 Å². The highest BCUT2D eigenvalue weighted by molar-refractivity contribution is 5.97. The lowest BCUT2D eigenvalue weighted by molar-refractivity contribution is 0.446. The van der Waals surface area contributed by atoms with Gasteiger partial charge in [0.25, 0.3) is 0 Å². The molecule has 0 saturated heterocycles. The van der Waals surface area contributed by atoms with Crippen molar-refractivity contribution >= 4 is 11.0 Å². The third kappa shape index (κ3) is 7.29. The summed E-state index contributed by atoms with van der Waals surface area (Å²) in [5.41, 5.74) is 15.1. The zero-order chi connectivity index (χ0) is 40.1. The molecule has 57 heavy (non-hydrogen) atoms. The maximum atomic E-state index is 12.3. The van der Waals surface area contributed by atoms with E-state index < -0.39 is 0 Å². The molecule has 2 aromatic heterocycles. The Hall–Kier alpha value is -6.26. The summed E-state index contributed by atoms with van der Waals surface area (Å²) in [6, 6.07) is 51.3. The van der Waals surface area contributed by atoms with Crippen molar-refractivity contribution in [2.75, 3.05) is 0 Å². The van der Waals surface area contributed by atoms with E-state index >= 15 is 0 Å². The van der Waals surface area contributed by atoms with Gasteiger partial charge in [-0.25, -0.2) is 4.98 Å². The van der Waals surface area contributed by atoms with Gasteiger partial charge in [0.2, 0.25) is 0 Å². The number of nitrogens with zero attached hydrogens (tertiary/aromatic N) is 3. The molecule has 0 unspecified atom stereocenters. The Bertz CT molecular complexity index is 2730. The first kappa shape index (κ1) is 37.7. The Balaban J connectivity index is 1.39. The van der Waals surface area contributed by atoms with Crippen LogP contribution in [0, 0.1) is 0 Å². The van der Waals surface area contributed by atoms with Gasteiger partial charge in [0, 0.05) is 22.9 Å². The van der Waals surface area contributed by atoms with Gasteiger partial charge in [-0.05, 0) is 98.2 Å². The molecule has 1 N–H and O–H groups in total. The average Bonchev–Trinajstić information content (AvgIpc) is 3.60. The molecular formula is C53H51N3O. The van der Waals surface area contributed by atoms with Gasteiger partial charge in [0.1, 0.15) is 11.6 Å². The van der Waals surface area contributed by atoms with Crippen molar-refractivity contribution in [3.8, 4) is 67.5 Å². The minimum Gasteiger partial charge on any atom is -0.507 e. The van der Waals surface area contributed by atoms with E-state index in [4.69, 9.17) is 9.97 Å². The lowest BCUT2D eigenvalue weighted by Gasteiger charge is -2.28. The van der Waals surface area contributed by atoms with Crippen LogP contribution in [0.1, 0.15) is 78.0 Å². The summed E-state index contributed by atoms with van der Waals surface area (Å²) < 4.78 is 2.28. The van der Waals surface area contributed by atoms with Crippen LogP contribution < -0.4 is 0 Å². The molecule has 2 heterocycles. The fraction of sp³-hybridized carbons (Fsp3) is 0.208. The van der Waals surface area contributed by atoms with Crippen molar-refractivity contribution in [1.82, 2.24) is 14.5 Å². The highest BCUT2D eigenvalue weighted by Crippen LogP contribution is 2.45. The van der Waals surface area contributed by atoms with Crippen LogP contribution in [-0.2, 0) is 10.8 Å². The lowest BCUT2D eigenvalue weighted by atomic mass is 9.79. The molecule has 0 spiro atoms. The van der Waals surface area contributed by atoms with E-state index in [-0.39, 0.29) is 22.5 Å². The van der Waals surface area contributed by atoms with Crippen LogP contribution in [0.15, 0.2) is 152 Å². The zero-order valence-electron chi connectivity index (χ0n) is 34.3. The lowest BCUT2D eigenvalue weighted by Crippen LogP contribution is -2.17. The van der Waals surface area contributed by atoms with Gasteiger partial charge in [-0.1, -0.05) is 159 Å². The number of fused-ring (bicyclic) bond motifs is 1. The molecule has 0 radical (unpaired) electrons. The van der Waals surface area contributed by atoms with Crippen molar-refractivity contribution in [1.29, 1.82) is 0 Å². The molecule has 8 rings (SSSR count).